The Balaban J connectivity index is 2.52. The molecule has 2 aromatic carbocycles. The summed E-state index contributed by atoms with van der Waals surface area (Å²) in [6, 6.07) is 6.05. The monoisotopic (exact) mass is 401 g/mol. The number of halogens is 2. The maximum atomic E-state index is 13.9. The van der Waals surface area contributed by atoms with E-state index in [0.717, 1.165) is 22.7 Å². The zero-order valence-corrected chi connectivity index (χ0v) is 14.6. The zero-order valence-electron chi connectivity index (χ0n) is 12.2. The minimum Gasteiger partial charge on any atom is -0.478 e. The molecule has 122 valence electrons. The molecule has 0 bridgehead atoms. The zero-order chi connectivity index (χ0) is 17.4. The smallest absolute Gasteiger partial charge is 0.335 e. The third kappa shape index (κ3) is 3.70. The second-order valence-corrected chi connectivity index (χ2v) is 7.54. The molecule has 2 N–H and O–H groups in total. The van der Waals surface area contributed by atoms with E-state index in [9.17, 15) is 17.6 Å². The van der Waals surface area contributed by atoms with E-state index in [1.165, 1.54) is 0 Å². The van der Waals surface area contributed by atoms with Crippen molar-refractivity contribution in [2.45, 2.75) is 18.7 Å². The van der Waals surface area contributed by atoms with Crippen molar-refractivity contribution in [2.75, 3.05) is 4.72 Å². The van der Waals surface area contributed by atoms with E-state index in [1.807, 2.05) is 0 Å². The summed E-state index contributed by atoms with van der Waals surface area (Å²) in [6.45, 7) is 3.42. The van der Waals surface area contributed by atoms with E-state index in [4.69, 9.17) is 5.11 Å². The van der Waals surface area contributed by atoms with Crippen LogP contribution in [0.15, 0.2) is 39.7 Å². The van der Waals surface area contributed by atoms with Crippen LogP contribution in [0.5, 0.6) is 0 Å². The summed E-state index contributed by atoms with van der Waals surface area (Å²) in [5.74, 6) is -2.35. The molecule has 5 nitrogen and oxygen atoms in total. The van der Waals surface area contributed by atoms with Crippen LogP contribution in [0.4, 0.5) is 10.1 Å². The fourth-order valence-corrected chi connectivity index (χ4v) is 4.10. The SMILES string of the molecule is Cc1cc(Br)cc(C)c1NS(=O)(=O)c1cc(C(=O)O)ccc1F. The standard InChI is InChI=1S/C15H13BrFNO4S/c1-8-5-11(16)6-9(2)14(8)18-23(21,22)13-7-10(15(19)20)3-4-12(13)17/h3-7,18H,1-2H3,(H,19,20). The highest BCUT2D eigenvalue weighted by Crippen LogP contribution is 2.28. The Morgan fingerprint density at radius 1 is 1.17 bits per heavy atom. The fourth-order valence-electron chi connectivity index (χ4n) is 2.10. The van der Waals surface area contributed by atoms with Gasteiger partial charge in [0.15, 0.2) is 0 Å². The average molecular weight is 402 g/mol. The number of benzene rings is 2. The number of hydrogen-bond donors (Lipinski definition) is 2. The molecular formula is C15H13BrFNO4S. The Bertz CT molecular complexity index is 873. The van der Waals surface area contributed by atoms with Gasteiger partial charge in [-0.15, -0.1) is 0 Å². The molecule has 0 atom stereocenters. The average Bonchev–Trinajstić information content (AvgIpc) is 2.42. The lowest BCUT2D eigenvalue weighted by Gasteiger charge is -2.14. The second-order valence-electron chi connectivity index (χ2n) is 4.97. The van der Waals surface area contributed by atoms with E-state index in [2.05, 4.69) is 20.7 Å². The number of sulfonamides is 1. The summed E-state index contributed by atoms with van der Waals surface area (Å²) >= 11 is 3.31. The minimum absolute atomic E-state index is 0.309. The largest absolute Gasteiger partial charge is 0.478 e. The molecule has 8 heteroatoms. The van der Waals surface area contributed by atoms with Gasteiger partial charge < -0.3 is 5.11 Å². The third-order valence-corrected chi connectivity index (χ3v) is 5.02. The van der Waals surface area contributed by atoms with Crippen LogP contribution in [-0.4, -0.2) is 19.5 Å². The van der Waals surface area contributed by atoms with Crippen molar-refractivity contribution in [3.63, 3.8) is 0 Å². The van der Waals surface area contributed by atoms with Crippen molar-refractivity contribution in [1.82, 2.24) is 0 Å². The van der Waals surface area contributed by atoms with E-state index in [1.54, 1.807) is 26.0 Å². The van der Waals surface area contributed by atoms with Gasteiger partial charge in [-0.25, -0.2) is 17.6 Å². The van der Waals surface area contributed by atoms with Crippen molar-refractivity contribution < 1.29 is 22.7 Å². The molecule has 0 aromatic heterocycles. The summed E-state index contributed by atoms with van der Waals surface area (Å²) < 4.78 is 41.8. The normalized spacial score (nSPS) is 11.3. The minimum atomic E-state index is -4.26. The molecule has 0 fully saturated rings. The predicted molar refractivity (Wildman–Crippen MR) is 87.8 cm³/mol. The first kappa shape index (κ1) is 17.4. The lowest BCUT2D eigenvalue weighted by atomic mass is 10.1. The summed E-state index contributed by atoms with van der Waals surface area (Å²) in [5, 5.41) is 8.93. The van der Waals surface area contributed by atoms with E-state index in [0.29, 0.717) is 16.8 Å². The van der Waals surface area contributed by atoms with Crippen LogP contribution in [0.1, 0.15) is 21.5 Å². The predicted octanol–water partition coefficient (Wildman–Crippen LogP) is 3.70. The fraction of sp³-hybridized carbons (Fsp3) is 0.133. The molecule has 0 saturated carbocycles. The van der Waals surface area contributed by atoms with Crippen molar-refractivity contribution in [3.8, 4) is 0 Å². The van der Waals surface area contributed by atoms with E-state index >= 15 is 0 Å². The summed E-state index contributed by atoms with van der Waals surface area (Å²) in [7, 11) is -4.26. The quantitative estimate of drug-likeness (QED) is 0.817. The van der Waals surface area contributed by atoms with Crippen LogP contribution in [0.25, 0.3) is 0 Å². The molecule has 0 saturated heterocycles. The lowest BCUT2D eigenvalue weighted by Crippen LogP contribution is -2.17. The molecular weight excluding hydrogens is 389 g/mol. The Labute approximate surface area is 141 Å². The number of carboxylic acids is 1. The summed E-state index contributed by atoms with van der Waals surface area (Å²) in [6.07, 6.45) is 0. The molecule has 0 unspecified atom stereocenters. The number of rotatable bonds is 4. The third-order valence-electron chi connectivity index (χ3n) is 3.20. The molecule has 0 amide bonds. The van der Waals surface area contributed by atoms with Gasteiger partial charge >= 0.3 is 5.97 Å². The first-order valence-electron chi connectivity index (χ1n) is 6.44. The molecule has 0 aliphatic heterocycles. The summed E-state index contributed by atoms with van der Waals surface area (Å²) in [5.41, 5.74) is 1.31. The first-order chi connectivity index (χ1) is 10.6. The first-order valence-corrected chi connectivity index (χ1v) is 8.72. The summed E-state index contributed by atoms with van der Waals surface area (Å²) in [4.78, 5) is 10.2. The van der Waals surface area contributed by atoms with Crippen LogP contribution in [0, 0.1) is 19.7 Å². The van der Waals surface area contributed by atoms with Crippen LogP contribution in [0.3, 0.4) is 0 Å². The molecule has 2 aromatic rings. The van der Waals surface area contributed by atoms with Gasteiger partial charge in [0.25, 0.3) is 10.0 Å². The highest BCUT2D eigenvalue weighted by atomic mass is 79.9. The van der Waals surface area contributed by atoms with Crippen molar-refractivity contribution in [3.05, 3.63) is 57.3 Å². The molecule has 0 heterocycles. The van der Waals surface area contributed by atoms with Gasteiger partial charge in [-0.1, -0.05) is 15.9 Å². The molecule has 0 radical (unpaired) electrons. The van der Waals surface area contributed by atoms with Gasteiger partial charge in [0.05, 0.1) is 11.3 Å². The number of carboxylic acid groups (broad SMARTS) is 1. The number of anilines is 1. The number of hydrogen-bond acceptors (Lipinski definition) is 3. The molecule has 0 spiro atoms. The van der Waals surface area contributed by atoms with Gasteiger partial charge in [-0.2, -0.15) is 0 Å². The maximum absolute atomic E-state index is 13.9. The Kier molecular flexibility index (Phi) is 4.76. The van der Waals surface area contributed by atoms with Crippen LogP contribution >= 0.6 is 15.9 Å². The lowest BCUT2D eigenvalue weighted by molar-refractivity contribution is 0.0696. The maximum Gasteiger partial charge on any atom is 0.335 e. The Hall–Kier alpha value is -1.93. The molecule has 0 aliphatic rings. The van der Waals surface area contributed by atoms with Gasteiger partial charge in [0, 0.05) is 4.47 Å². The molecule has 23 heavy (non-hydrogen) atoms. The van der Waals surface area contributed by atoms with Crippen molar-refractivity contribution >= 4 is 37.6 Å². The van der Waals surface area contributed by atoms with Crippen LogP contribution < -0.4 is 4.72 Å². The Morgan fingerprint density at radius 2 is 1.74 bits per heavy atom. The van der Waals surface area contributed by atoms with Crippen LogP contribution in [0.2, 0.25) is 0 Å². The second kappa shape index (κ2) is 6.29. The molecule has 2 rings (SSSR count). The van der Waals surface area contributed by atoms with E-state index < -0.39 is 26.7 Å². The Morgan fingerprint density at radius 3 is 2.26 bits per heavy atom. The number of nitrogens with one attached hydrogen (secondary N) is 1. The van der Waals surface area contributed by atoms with E-state index in [-0.39, 0.29) is 5.56 Å². The van der Waals surface area contributed by atoms with Gasteiger partial charge in [0.2, 0.25) is 0 Å². The molecule has 0 aliphatic carbocycles. The number of aryl methyl sites for hydroxylation is 2. The van der Waals surface area contributed by atoms with Crippen LogP contribution in [-0.2, 0) is 10.0 Å². The van der Waals surface area contributed by atoms with Crippen molar-refractivity contribution in [1.29, 1.82) is 0 Å². The highest BCUT2D eigenvalue weighted by Gasteiger charge is 2.22. The number of aromatic carboxylic acids is 1. The van der Waals surface area contributed by atoms with Gasteiger partial charge in [-0.3, -0.25) is 4.72 Å². The highest BCUT2D eigenvalue weighted by molar-refractivity contribution is 9.10. The number of carbonyl (C=O) groups is 1. The van der Waals surface area contributed by atoms with Gasteiger partial charge in [0.1, 0.15) is 10.7 Å². The van der Waals surface area contributed by atoms with Gasteiger partial charge in [-0.05, 0) is 55.3 Å². The topological polar surface area (TPSA) is 83.5 Å². The van der Waals surface area contributed by atoms with Crippen molar-refractivity contribution in [2.24, 2.45) is 0 Å².